The fourth-order valence-corrected chi connectivity index (χ4v) is 2.12. The Morgan fingerprint density at radius 3 is 2.65 bits per heavy atom. The maximum atomic E-state index is 13.1. The lowest BCUT2D eigenvalue weighted by atomic mass is 10.1. The average Bonchev–Trinajstić information content (AvgIpc) is 2.73. The van der Waals surface area contributed by atoms with Crippen molar-refractivity contribution >= 4 is 27.9 Å². The van der Waals surface area contributed by atoms with Crippen molar-refractivity contribution in [1.82, 2.24) is 15.0 Å². The molecule has 8 heteroatoms. The number of nitrogen functional groups attached to an aromatic ring is 1. The summed E-state index contributed by atoms with van der Waals surface area (Å²) >= 11 is 0. The molecule has 0 radical (unpaired) electrons. The number of ether oxygens (including phenoxy) is 1. The van der Waals surface area contributed by atoms with Crippen LogP contribution in [0.3, 0.4) is 0 Å². The number of H-pyrrole nitrogens is 1. The van der Waals surface area contributed by atoms with Crippen LogP contribution < -0.4 is 10.5 Å². The summed E-state index contributed by atoms with van der Waals surface area (Å²) in [5.74, 6) is 0.0201. The van der Waals surface area contributed by atoms with Crippen LogP contribution in [0.25, 0.3) is 21.9 Å². The van der Waals surface area contributed by atoms with Crippen molar-refractivity contribution in [2.75, 3.05) is 12.8 Å². The second-order valence-corrected chi connectivity index (χ2v) is 4.19. The summed E-state index contributed by atoms with van der Waals surface area (Å²) in [6.45, 7) is 0. The quantitative estimate of drug-likeness (QED) is 0.719. The van der Waals surface area contributed by atoms with Crippen LogP contribution in [0.1, 0.15) is 5.69 Å². The second kappa shape index (κ2) is 3.99. The van der Waals surface area contributed by atoms with Crippen molar-refractivity contribution < 1.29 is 17.9 Å². The number of nitrogens with one attached hydrogen (secondary N) is 1. The average molecular weight is 282 g/mol. The zero-order chi connectivity index (χ0) is 14.5. The maximum Gasteiger partial charge on any atom is 0.434 e. The van der Waals surface area contributed by atoms with Crippen LogP contribution >= 0.6 is 0 Å². The Balaban J connectivity index is 2.48. The molecule has 0 bridgehead atoms. The molecule has 5 nitrogen and oxygen atoms in total. The van der Waals surface area contributed by atoms with E-state index in [1.807, 2.05) is 0 Å². The van der Waals surface area contributed by atoms with E-state index in [0.717, 1.165) is 0 Å². The van der Waals surface area contributed by atoms with Crippen molar-refractivity contribution in [3.05, 3.63) is 23.9 Å². The maximum absolute atomic E-state index is 13.1. The molecule has 0 fully saturated rings. The van der Waals surface area contributed by atoms with Gasteiger partial charge in [0.25, 0.3) is 0 Å². The van der Waals surface area contributed by atoms with E-state index in [0.29, 0.717) is 16.7 Å². The van der Waals surface area contributed by atoms with Gasteiger partial charge >= 0.3 is 6.18 Å². The number of aromatic amines is 1. The number of methoxy groups -OCH3 is 1. The molecule has 3 N–H and O–H groups in total. The zero-order valence-corrected chi connectivity index (χ0v) is 10.2. The highest BCUT2D eigenvalue weighted by atomic mass is 19.4. The molecule has 3 aromatic rings. The Kier molecular flexibility index (Phi) is 2.50. The first-order valence-corrected chi connectivity index (χ1v) is 5.60. The summed E-state index contributed by atoms with van der Waals surface area (Å²) in [6.07, 6.45) is -4.62. The Labute approximate surface area is 110 Å². The van der Waals surface area contributed by atoms with Crippen molar-refractivity contribution in [2.24, 2.45) is 0 Å². The van der Waals surface area contributed by atoms with Gasteiger partial charge in [-0.2, -0.15) is 18.2 Å². The van der Waals surface area contributed by atoms with Gasteiger partial charge in [0.1, 0.15) is 11.4 Å². The third kappa shape index (κ3) is 1.80. The van der Waals surface area contributed by atoms with Gasteiger partial charge in [-0.05, 0) is 18.2 Å². The van der Waals surface area contributed by atoms with E-state index in [2.05, 4.69) is 15.0 Å². The highest BCUT2D eigenvalue weighted by molar-refractivity contribution is 6.08. The normalized spacial score (nSPS) is 12.2. The number of nitrogens with zero attached hydrogens (tertiary/aromatic N) is 2. The van der Waals surface area contributed by atoms with E-state index < -0.39 is 17.8 Å². The van der Waals surface area contributed by atoms with Gasteiger partial charge in [-0.25, -0.2) is 4.98 Å². The van der Waals surface area contributed by atoms with Gasteiger partial charge in [0.2, 0.25) is 5.95 Å². The lowest BCUT2D eigenvalue weighted by Crippen LogP contribution is -2.11. The van der Waals surface area contributed by atoms with Gasteiger partial charge in [0.15, 0.2) is 5.69 Å². The van der Waals surface area contributed by atoms with Crippen LogP contribution in [0.2, 0.25) is 0 Å². The van der Waals surface area contributed by atoms with Crippen LogP contribution in [0.15, 0.2) is 18.2 Å². The molecule has 0 amide bonds. The summed E-state index contributed by atoms with van der Waals surface area (Å²) < 4.78 is 44.3. The van der Waals surface area contributed by atoms with E-state index in [-0.39, 0.29) is 11.0 Å². The fourth-order valence-electron chi connectivity index (χ4n) is 2.12. The monoisotopic (exact) mass is 282 g/mol. The fraction of sp³-hybridized carbons (Fsp3) is 0.167. The number of anilines is 1. The predicted molar refractivity (Wildman–Crippen MR) is 67.4 cm³/mol. The van der Waals surface area contributed by atoms with Gasteiger partial charge in [0.05, 0.1) is 12.5 Å². The molecule has 3 rings (SSSR count). The van der Waals surface area contributed by atoms with Crippen LogP contribution in [0.4, 0.5) is 19.1 Å². The third-order valence-electron chi connectivity index (χ3n) is 2.94. The number of halogens is 3. The minimum atomic E-state index is -4.62. The molecule has 0 aliphatic heterocycles. The first-order valence-electron chi connectivity index (χ1n) is 5.60. The van der Waals surface area contributed by atoms with Gasteiger partial charge in [0, 0.05) is 10.9 Å². The van der Waals surface area contributed by atoms with Crippen molar-refractivity contribution in [3.8, 4) is 5.75 Å². The highest BCUT2D eigenvalue weighted by Crippen LogP contribution is 2.37. The van der Waals surface area contributed by atoms with Crippen molar-refractivity contribution in [1.29, 1.82) is 0 Å². The number of aromatic nitrogens is 3. The summed E-state index contributed by atoms with van der Waals surface area (Å²) in [5, 5.41) is 0.229. The third-order valence-corrected chi connectivity index (χ3v) is 2.94. The number of benzene rings is 1. The van der Waals surface area contributed by atoms with Crippen LogP contribution in [0, 0.1) is 0 Å². The summed E-state index contributed by atoms with van der Waals surface area (Å²) in [6, 6.07) is 4.76. The number of hydrogen-bond donors (Lipinski definition) is 2. The number of nitrogens with two attached hydrogens (primary N) is 1. The van der Waals surface area contributed by atoms with Gasteiger partial charge in [-0.15, -0.1) is 0 Å². The largest absolute Gasteiger partial charge is 0.497 e. The topological polar surface area (TPSA) is 76.8 Å². The van der Waals surface area contributed by atoms with E-state index in [9.17, 15) is 13.2 Å². The predicted octanol–water partition coefficient (Wildman–Crippen LogP) is 2.72. The molecule has 0 unspecified atom stereocenters. The molecule has 0 spiro atoms. The molecule has 20 heavy (non-hydrogen) atoms. The Hall–Kier alpha value is -2.51. The molecule has 1 aromatic carbocycles. The Bertz CT molecular complexity index is 810. The molecule has 0 saturated carbocycles. The van der Waals surface area contributed by atoms with Gasteiger partial charge in [-0.3, -0.25) is 0 Å². The Morgan fingerprint density at radius 2 is 2.00 bits per heavy atom. The molecular weight excluding hydrogens is 273 g/mol. The lowest BCUT2D eigenvalue weighted by Gasteiger charge is -2.07. The van der Waals surface area contributed by atoms with Crippen LogP contribution in [-0.2, 0) is 6.18 Å². The van der Waals surface area contributed by atoms with Crippen molar-refractivity contribution in [2.45, 2.75) is 6.18 Å². The van der Waals surface area contributed by atoms with Crippen molar-refractivity contribution in [3.63, 3.8) is 0 Å². The second-order valence-electron chi connectivity index (χ2n) is 4.19. The van der Waals surface area contributed by atoms with Gasteiger partial charge in [-0.1, -0.05) is 0 Å². The van der Waals surface area contributed by atoms with E-state index in [1.54, 1.807) is 12.1 Å². The summed E-state index contributed by atoms with van der Waals surface area (Å²) in [5.41, 5.74) is 4.83. The molecule has 0 atom stereocenters. The zero-order valence-electron chi connectivity index (χ0n) is 10.2. The molecule has 0 saturated heterocycles. The number of alkyl halides is 3. The smallest absolute Gasteiger partial charge is 0.434 e. The van der Waals surface area contributed by atoms with Gasteiger partial charge < -0.3 is 15.5 Å². The molecule has 2 heterocycles. The van der Waals surface area contributed by atoms with E-state index >= 15 is 0 Å². The minimum Gasteiger partial charge on any atom is -0.497 e. The molecule has 0 aliphatic rings. The number of rotatable bonds is 1. The van der Waals surface area contributed by atoms with Crippen LogP contribution in [0.5, 0.6) is 5.75 Å². The standard InChI is InChI=1S/C12H9F3N4O/c1-20-5-2-3-7-6(4-5)8-9(12(13,14)15)18-11(16)19-10(8)17-7/h2-4H,1H3,(H3,16,17,18,19). The number of fused-ring (bicyclic) bond motifs is 3. The summed E-state index contributed by atoms with van der Waals surface area (Å²) in [7, 11) is 1.44. The van der Waals surface area contributed by atoms with E-state index in [1.165, 1.54) is 13.2 Å². The SMILES string of the molecule is COc1ccc2[nH]c3nc(N)nc(C(F)(F)F)c3c2c1. The first kappa shape index (κ1) is 12.5. The first-order chi connectivity index (χ1) is 9.40. The minimum absolute atomic E-state index is 0.0491. The van der Waals surface area contributed by atoms with Crippen LogP contribution in [-0.4, -0.2) is 22.1 Å². The molecule has 104 valence electrons. The summed E-state index contributed by atoms with van der Waals surface area (Å²) in [4.78, 5) is 9.94. The lowest BCUT2D eigenvalue weighted by molar-refractivity contribution is -0.139. The van der Waals surface area contributed by atoms with E-state index in [4.69, 9.17) is 10.5 Å². The number of hydrogen-bond acceptors (Lipinski definition) is 4. The molecule has 2 aromatic heterocycles. The Morgan fingerprint density at radius 1 is 1.25 bits per heavy atom. The molecule has 0 aliphatic carbocycles. The molecular formula is C12H9F3N4O. The highest BCUT2D eigenvalue weighted by Gasteiger charge is 2.36.